The molecule has 24 heavy (non-hydrogen) atoms. The fraction of sp³-hybridized carbons (Fsp3) is 0.412. The van der Waals surface area contributed by atoms with E-state index in [0.29, 0.717) is 23.2 Å². The van der Waals surface area contributed by atoms with Crippen LogP contribution in [-0.2, 0) is 0 Å². The van der Waals surface area contributed by atoms with Gasteiger partial charge in [-0.1, -0.05) is 11.2 Å². The Balaban J connectivity index is 1.45. The number of aromatic nitrogens is 1. The summed E-state index contributed by atoms with van der Waals surface area (Å²) in [7, 11) is 0. The number of fused-ring (bicyclic) bond motifs is 1. The van der Waals surface area contributed by atoms with E-state index in [-0.39, 0.29) is 12.7 Å². The molecule has 0 aliphatic carbocycles. The molecule has 0 bridgehead atoms. The zero-order chi connectivity index (χ0) is 16.5. The summed E-state index contributed by atoms with van der Waals surface area (Å²) in [6, 6.07) is 7.79. The van der Waals surface area contributed by atoms with Gasteiger partial charge in [0.05, 0.1) is 0 Å². The Morgan fingerprint density at radius 2 is 2.12 bits per heavy atom. The lowest BCUT2D eigenvalue weighted by Crippen LogP contribution is -2.33. The van der Waals surface area contributed by atoms with Gasteiger partial charge in [0.2, 0.25) is 6.79 Å². The standard InChI is InChI=1S/C17H18N2O4S/c1-11-8-13(18-23-11)17(20)19-5-4-16(24-7-6-19)12-2-3-14-15(9-12)22-10-21-14/h2-3,8-9,16H,4-7,10H2,1H3. The van der Waals surface area contributed by atoms with Gasteiger partial charge in [0.1, 0.15) is 5.76 Å². The summed E-state index contributed by atoms with van der Waals surface area (Å²) in [5, 5.41) is 4.18. The molecule has 2 aliphatic heterocycles. The molecule has 126 valence electrons. The highest BCUT2D eigenvalue weighted by atomic mass is 32.2. The molecule has 0 saturated carbocycles. The van der Waals surface area contributed by atoms with Crippen molar-refractivity contribution in [2.24, 2.45) is 0 Å². The highest BCUT2D eigenvalue weighted by Crippen LogP contribution is 2.40. The molecular formula is C17H18N2O4S. The number of amides is 1. The highest BCUT2D eigenvalue weighted by Gasteiger charge is 2.25. The van der Waals surface area contributed by atoms with Gasteiger partial charge in [-0.2, -0.15) is 11.8 Å². The van der Waals surface area contributed by atoms with Crippen LogP contribution in [0.15, 0.2) is 28.8 Å². The van der Waals surface area contributed by atoms with Gasteiger partial charge in [-0.15, -0.1) is 0 Å². The van der Waals surface area contributed by atoms with Crippen molar-refractivity contribution >= 4 is 17.7 Å². The number of aryl methyl sites for hydroxylation is 1. The topological polar surface area (TPSA) is 64.8 Å². The zero-order valence-corrected chi connectivity index (χ0v) is 14.2. The molecule has 2 aromatic rings. The van der Waals surface area contributed by atoms with Crippen LogP contribution >= 0.6 is 11.8 Å². The Labute approximate surface area is 144 Å². The summed E-state index contributed by atoms with van der Waals surface area (Å²) in [4.78, 5) is 14.4. The van der Waals surface area contributed by atoms with Crippen molar-refractivity contribution < 1.29 is 18.8 Å². The Kier molecular flexibility index (Phi) is 4.10. The lowest BCUT2D eigenvalue weighted by atomic mass is 10.1. The lowest BCUT2D eigenvalue weighted by molar-refractivity contribution is 0.0756. The van der Waals surface area contributed by atoms with Crippen molar-refractivity contribution in [3.8, 4) is 11.5 Å². The number of rotatable bonds is 2. The summed E-state index contributed by atoms with van der Waals surface area (Å²) < 4.78 is 15.8. The molecule has 1 fully saturated rings. The van der Waals surface area contributed by atoms with Gasteiger partial charge in [-0.25, -0.2) is 0 Å². The van der Waals surface area contributed by atoms with Gasteiger partial charge in [0.15, 0.2) is 17.2 Å². The fourth-order valence-corrected chi connectivity index (χ4v) is 4.20. The predicted molar refractivity (Wildman–Crippen MR) is 89.5 cm³/mol. The van der Waals surface area contributed by atoms with E-state index < -0.39 is 0 Å². The van der Waals surface area contributed by atoms with Crippen molar-refractivity contribution in [3.05, 3.63) is 41.3 Å². The zero-order valence-electron chi connectivity index (χ0n) is 13.4. The van der Waals surface area contributed by atoms with E-state index in [2.05, 4.69) is 17.3 Å². The van der Waals surface area contributed by atoms with Crippen LogP contribution < -0.4 is 9.47 Å². The maximum atomic E-state index is 12.5. The molecular weight excluding hydrogens is 328 g/mol. The predicted octanol–water partition coefficient (Wildman–Crippen LogP) is 3.03. The minimum absolute atomic E-state index is 0.0567. The monoisotopic (exact) mass is 346 g/mol. The average Bonchev–Trinajstić information content (AvgIpc) is 3.16. The van der Waals surface area contributed by atoms with Gasteiger partial charge in [-0.3, -0.25) is 4.79 Å². The van der Waals surface area contributed by atoms with Crippen LogP contribution in [0.5, 0.6) is 11.5 Å². The summed E-state index contributed by atoms with van der Waals surface area (Å²) in [6.07, 6.45) is 0.896. The number of benzene rings is 1. The van der Waals surface area contributed by atoms with Crippen molar-refractivity contribution in [2.45, 2.75) is 18.6 Å². The van der Waals surface area contributed by atoms with Crippen molar-refractivity contribution in [1.29, 1.82) is 0 Å². The van der Waals surface area contributed by atoms with Crippen molar-refractivity contribution in [2.75, 3.05) is 25.6 Å². The van der Waals surface area contributed by atoms with Crippen LogP contribution in [0.4, 0.5) is 0 Å². The number of carbonyl (C=O) groups excluding carboxylic acids is 1. The van der Waals surface area contributed by atoms with E-state index in [1.54, 1.807) is 13.0 Å². The summed E-state index contributed by atoms with van der Waals surface area (Å²) >= 11 is 1.87. The third kappa shape index (κ3) is 2.96. The molecule has 0 N–H and O–H groups in total. The Hall–Kier alpha value is -2.15. The normalized spacial score (nSPS) is 20.0. The fourth-order valence-electron chi connectivity index (χ4n) is 2.98. The van der Waals surface area contributed by atoms with Crippen LogP contribution in [0.1, 0.15) is 33.5 Å². The third-order valence-corrected chi connectivity index (χ3v) is 5.57. The second-order valence-electron chi connectivity index (χ2n) is 5.88. The Morgan fingerprint density at radius 1 is 1.25 bits per heavy atom. The number of hydrogen-bond donors (Lipinski definition) is 0. The molecule has 4 rings (SSSR count). The molecule has 1 atom stereocenters. The van der Waals surface area contributed by atoms with Gasteiger partial charge < -0.3 is 18.9 Å². The maximum absolute atomic E-state index is 12.5. The highest BCUT2D eigenvalue weighted by molar-refractivity contribution is 7.99. The quantitative estimate of drug-likeness (QED) is 0.833. The lowest BCUT2D eigenvalue weighted by Gasteiger charge is -2.19. The number of carbonyl (C=O) groups is 1. The number of nitrogens with zero attached hydrogens (tertiary/aromatic N) is 2. The van der Waals surface area contributed by atoms with E-state index in [4.69, 9.17) is 14.0 Å². The first-order valence-corrected chi connectivity index (χ1v) is 8.99. The number of ether oxygens (including phenoxy) is 2. The first kappa shape index (κ1) is 15.4. The maximum Gasteiger partial charge on any atom is 0.276 e. The molecule has 1 unspecified atom stereocenters. The molecule has 3 heterocycles. The van der Waals surface area contributed by atoms with E-state index in [0.717, 1.165) is 30.2 Å². The smallest absolute Gasteiger partial charge is 0.276 e. The molecule has 6 nitrogen and oxygen atoms in total. The Bertz CT molecular complexity index is 761. The summed E-state index contributed by atoms with van der Waals surface area (Å²) in [5.74, 6) is 3.10. The second-order valence-corrected chi connectivity index (χ2v) is 7.19. The van der Waals surface area contributed by atoms with Gasteiger partial charge in [0.25, 0.3) is 5.91 Å². The van der Waals surface area contributed by atoms with Gasteiger partial charge in [0, 0.05) is 30.2 Å². The van der Waals surface area contributed by atoms with E-state index in [9.17, 15) is 4.79 Å². The molecule has 1 saturated heterocycles. The number of hydrogen-bond acceptors (Lipinski definition) is 6. The minimum Gasteiger partial charge on any atom is -0.454 e. The Morgan fingerprint density at radius 3 is 2.96 bits per heavy atom. The molecule has 2 aliphatic rings. The van der Waals surface area contributed by atoms with Crippen LogP contribution in [0, 0.1) is 6.92 Å². The van der Waals surface area contributed by atoms with Crippen molar-refractivity contribution in [3.63, 3.8) is 0 Å². The molecule has 0 spiro atoms. The van der Waals surface area contributed by atoms with E-state index in [1.165, 1.54) is 5.56 Å². The van der Waals surface area contributed by atoms with Crippen LogP contribution in [0.25, 0.3) is 0 Å². The molecule has 1 aromatic carbocycles. The molecule has 1 aromatic heterocycles. The average molecular weight is 346 g/mol. The van der Waals surface area contributed by atoms with Crippen LogP contribution in [0.3, 0.4) is 0 Å². The SMILES string of the molecule is Cc1cc(C(=O)N2CCSC(c3ccc4c(c3)OCO4)CC2)no1. The van der Waals surface area contributed by atoms with Crippen LogP contribution in [0.2, 0.25) is 0 Å². The van der Waals surface area contributed by atoms with Crippen molar-refractivity contribution in [1.82, 2.24) is 10.1 Å². The first-order chi connectivity index (χ1) is 11.7. The molecule has 1 amide bonds. The largest absolute Gasteiger partial charge is 0.454 e. The van der Waals surface area contributed by atoms with Crippen LogP contribution in [-0.4, -0.2) is 41.6 Å². The number of thioether (sulfide) groups is 1. The van der Waals surface area contributed by atoms with E-state index >= 15 is 0 Å². The van der Waals surface area contributed by atoms with Gasteiger partial charge >= 0.3 is 0 Å². The summed E-state index contributed by atoms with van der Waals surface area (Å²) in [5.41, 5.74) is 1.61. The minimum atomic E-state index is -0.0567. The van der Waals surface area contributed by atoms with E-state index in [1.807, 2.05) is 22.7 Å². The second kappa shape index (κ2) is 6.39. The first-order valence-electron chi connectivity index (χ1n) is 7.94. The van der Waals surface area contributed by atoms with Gasteiger partial charge in [-0.05, 0) is 31.0 Å². The molecule has 7 heteroatoms. The molecule has 0 radical (unpaired) electrons. The third-order valence-electron chi connectivity index (χ3n) is 4.24. The summed E-state index contributed by atoms with van der Waals surface area (Å²) in [6.45, 7) is 3.50.